The van der Waals surface area contributed by atoms with E-state index >= 15 is 0 Å². The van der Waals surface area contributed by atoms with Gasteiger partial charge in [-0.05, 0) is 89.2 Å². The smallest absolute Gasteiger partial charge is 0.466 e. The summed E-state index contributed by atoms with van der Waals surface area (Å²) in [7, 11) is -4.48. The first kappa shape index (κ1) is 53.4. The molecule has 0 aromatic carbocycles. The van der Waals surface area contributed by atoms with Gasteiger partial charge in [0.2, 0.25) is 0 Å². The Balaban J connectivity index is 2.40. The SMILES string of the molecule is CCCCC/C=C\C/C=C\C/C=C\CC(O)C(O)CCCC(=O)O[C@H](COC(=O)CCCCCCCCc1oc(CCCCC)c(C)c1C)COP(=O)(O)OCCN. The van der Waals surface area contributed by atoms with Gasteiger partial charge in [-0.1, -0.05) is 102 Å². The molecule has 5 N–H and O–H groups in total. The number of carbonyl (C=O) groups is 2. The molecule has 0 radical (unpaired) electrons. The van der Waals surface area contributed by atoms with Crippen molar-refractivity contribution in [2.45, 2.75) is 187 Å². The summed E-state index contributed by atoms with van der Waals surface area (Å²) in [6.45, 7) is 7.57. The van der Waals surface area contributed by atoms with Gasteiger partial charge in [0, 0.05) is 32.2 Å². The highest BCUT2D eigenvalue weighted by Crippen LogP contribution is 2.43. The maximum Gasteiger partial charge on any atom is 0.472 e. The molecule has 0 amide bonds. The van der Waals surface area contributed by atoms with Gasteiger partial charge >= 0.3 is 19.8 Å². The van der Waals surface area contributed by atoms with Crippen LogP contribution >= 0.6 is 7.82 Å². The van der Waals surface area contributed by atoms with Crippen molar-refractivity contribution >= 4 is 19.8 Å². The minimum atomic E-state index is -4.48. The zero-order valence-corrected chi connectivity index (χ0v) is 37.1. The van der Waals surface area contributed by atoms with E-state index < -0.39 is 44.7 Å². The summed E-state index contributed by atoms with van der Waals surface area (Å²) in [5, 5.41) is 20.7. The zero-order valence-electron chi connectivity index (χ0n) is 36.2. The lowest BCUT2D eigenvalue weighted by atomic mass is 10.0. The molecule has 3 unspecified atom stereocenters. The summed E-state index contributed by atoms with van der Waals surface area (Å²) in [6, 6.07) is 0. The topological polar surface area (TPSA) is 188 Å². The summed E-state index contributed by atoms with van der Waals surface area (Å²) >= 11 is 0. The standard InChI is InChI=1S/C45H78NO11P/c1-5-7-9-10-11-12-13-14-15-16-19-23-27-40(47)41(48)28-26-32-45(50)56-39(36-55-58(51,52)54-34-33-46)35-53-44(49)31-25-21-18-17-20-24-30-43-38(4)37(3)42(57-43)29-22-8-6-2/h11-12,14-15,19,23,39-41,47-48H,5-10,13,16-18,20-22,24-36,46H2,1-4H3,(H,51,52)/b12-11-,15-14-,23-19-/t39-,40?,41?/m1/s1. The van der Waals surface area contributed by atoms with Crippen LogP contribution in [-0.2, 0) is 45.5 Å². The van der Waals surface area contributed by atoms with Crippen LogP contribution in [0.25, 0.3) is 0 Å². The molecular formula is C45H78NO11P. The van der Waals surface area contributed by atoms with Crippen molar-refractivity contribution in [1.82, 2.24) is 0 Å². The first-order valence-corrected chi connectivity index (χ1v) is 23.5. The number of esters is 2. The lowest BCUT2D eigenvalue weighted by Crippen LogP contribution is -2.30. The quantitative estimate of drug-likeness (QED) is 0.0215. The monoisotopic (exact) mass is 840 g/mol. The number of allylic oxidation sites excluding steroid dienone is 5. The molecule has 1 heterocycles. The Morgan fingerprint density at radius 1 is 0.707 bits per heavy atom. The Hall–Kier alpha value is -2.57. The van der Waals surface area contributed by atoms with Crippen molar-refractivity contribution < 1.29 is 52.2 Å². The average Bonchev–Trinajstić information content (AvgIpc) is 3.47. The zero-order chi connectivity index (χ0) is 42.9. The van der Waals surface area contributed by atoms with Crippen molar-refractivity contribution in [1.29, 1.82) is 0 Å². The molecule has 1 rings (SSSR count). The Labute approximate surface area is 349 Å². The molecule has 0 bridgehead atoms. The summed E-state index contributed by atoms with van der Waals surface area (Å²) in [5.41, 5.74) is 7.91. The second-order valence-corrected chi connectivity index (χ2v) is 16.6. The molecule has 0 aliphatic heterocycles. The number of aliphatic hydroxyl groups excluding tert-OH is 2. The molecule has 0 aliphatic carbocycles. The molecule has 1 aromatic rings. The molecule has 0 spiro atoms. The van der Waals surface area contributed by atoms with Crippen LogP contribution in [0.3, 0.4) is 0 Å². The largest absolute Gasteiger partial charge is 0.472 e. The van der Waals surface area contributed by atoms with Gasteiger partial charge in [-0.15, -0.1) is 0 Å². The number of aryl methyl sites for hydroxylation is 2. The van der Waals surface area contributed by atoms with Crippen LogP contribution in [0, 0.1) is 13.8 Å². The number of phosphoric acid groups is 1. The van der Waals surface area contributed by atoms with Crippen molar-refractivity contribution in [2.75, 3.05) is 26.4 Å². The van der Waals surface area contributed by atoms with Crippen LogP contribution in [0.1, 0.15) is 165 Å². The summed E-state index contributed by atoms with van der Waals surface area (Å²) in [5.74, 6) is 1.09. The van der Waals surface area contributed by atoms with Crippen LogP contribution in [0.4, 0.5) is 0 Å². The van der Waals surface area contributed by atoms with Gasteiger partial charge < -0.3 is 34.7 Å². The van der Waals surface area contributed by atoms with Gasteiger partial charge in [0.25, 0.3) is 0 Å². The fraction of sp³-hybridized carbons (Fsp3) is 0.733. The van der Waals surface area contributed by atoms with Crippen LogP contribution in [0.5, 0.6) is 0 Å². The average molecular weight is 840 g/mol. The third-order valence-corrected chi connectivity index (χ3v) is 10.9. The van der Waals surface area contributed by atoms with E-state index in [4.69, 9.17) is 28.7 Å². The number of hydrogen-bond donors (Lipinski definition) is 4. The Morgan fingerprint density at radius 3 is 1.93 bits per heavy atom. The van der Waals surface area contributed by atoms with E-state index in [2.05, 4.69) is 52.0 Å². The van der Waals surface area contributed by atoms with E-state index in [1.165, 1.54) is 43.2 Å². The number of nitrogens with two attached hydrogens (primary N) is 1. The van der Waals surface area contributed by atoms with E-state index in [1.807, 2.05) is 12.2 Å². The fourth-order valence-electron chi connectivity index (χ4n) is 6.21. The van der Waals surface area contributed by atoms with E-state index in [0.29, 0.717) is 6.42 Å². The molecule has 4 atom stereocenters. The van der Waals surface area contributed by atoms with E-state index in [0.717, 1.165) is 82.1 Å². The van der Waals surface area contributed by atoms with Gasteiger partial charge in [0.1, 0.15) is 18.1 Å². The van der Waals surface area contributed by atoms with Crippen LogP contribution in [0.15, 0.2) is 40.9 Å². The molecule has 0 aliphatic rings. The summed E-state index contributed by atoms with van der Waals surface area (Å²) in [4.78, 5) is 35.1. The van der Waals surface area contributed by atoms with E-state index in [-0.39, 0.29) is 51.9 Å². The third-order valence-electron chi connectivity index (χ3n) is 9.93. The molecule has 13 heteroatoms. The van der Waals surface area contributed by atoms with Gasteiger partial charge in [-0.25, -0.2) is 4.57 Å². The number of rotatable bonds is 37. The van der Waals surface area contributed by atoms with Crippen molar-refractivity contribution in [3.63, 3.8) is 0 Å². The normalized spacial score (nSPS) is 14.7. The maximum absolute atomic E-state index is 12.7. The number of unbranched alkanes of at least 4 members (excludes halogenated alkanes) is 10. The first-order chi connectivity index (χ1) is 27.9. The second kappa shape index (κ2) is 34.2. The summed E-state index contributed by atoms with van der Waals surface area (Å²) < 4.78 is 38.8. The highest BCUT2D eigenvalue weighted by molar-refractivity contribution is 7.47. The minimum Gasteiger partial charge on any atom is -0.466 e. The number of aliphatic hydroxyl groups is 2. The van der Waals surface area contributed by atoms with Crippen molar-refractivity contribution in [3.05, 3.63) is 59.1 Å². The molecular weight excluding hydrogens is 761 g/mol. The summed E-state index contributed by atoms with van der Waals surface area (Å²) in [6.07, 6.45) is 27.6. The highest BCUT2D eigenvalue weighted by Gasteiger charge is 2.26. The number of furan rings is 1. The van der Waals surface area contributed by atoms with Gasteiger partial charge in [0.05, 0.1) is 25.4 Å². The van der Waals surface area contributed by atoms with Crippen molar-refractivity contribution in [2.24, 2.45) is 5.73 Å². The van der Waals surface area contributed by atoms with Gasteiger partial charge in [-0.3, -0.25) is 18.6 Å². The van der Waals surface area contributed by atoms with E-state index in [1.54, 1.807) is 0 Å². The predicted molar refractivity (Wildman–Crippen MR) is 230 cm³/mol. The Morgan fingerprint density at radius 2 is 1.28 bits per heavy atom. The molecule has 12 nitrogen and oxygen atoms in total. The lowest BCUT2D eigenvalue weighted by Gasteiger charge is -2.20. The third kappa shape index (κ3) is 27.2. The fourth-order valence-corrected chi connectivity index (χ4v) is 6.97. The van der Waals surface area contributed by atoms with E-state index in [9.17, 15) is 29.3 Å². The lowest BCUT2D eigenvalue weighted by molar-refractivity contribution is -0.161. The molecule has 58 heavy (non-hydrogen) atoms. The molecule has 0 saturated heterocycles. The molecule has 0 saturated carbocycles. The highest BCUT2D eigenvalue weighted by atomic mass is 31.2. The maximum atomic E-state index is 12.7. The second-order valence-electron chi connectivity index (χ2n) is 15.1. The first-order valence-electron chi connectivity index (χ1n) is 22.0. The van der Waals surface area contributed by atoms with Crippen LogP contribution in [0.2, 0.25) is 0 Å². The Bertz CT molecular complexity index is 1360. The predicted octanol–water partition coefficient (Wildman–Crippen LogP) is 9.76. The number of ether oxygens (including phenoxy) is 2. The minimum absolute atomic E-state index is 0.000136. The number of hydrogen-bond acceptors (Lipinski definition) is 11. The molecule has 0 fully saturated rings. The molecule has 334 valence electrons. The van der Waals surface area contributed by atoms with Crippen LogP contribution in [-0.4, -0.2) is 71.7 Å². The van der Waals surface area contributed by atoms with Gasteiger partial charge in [-0.2, -0.15) is 0 Å². The van der Waals surface area contributed by atoms with Gasteiger partial charge in [0.15, 0.2) is 6.10 Å². The van der Waals surface area contributed by atoms with Crippen LogP contribution < -0.4 is 5.73 Å². The number of phosphoric ester groups is 1. The number of carbonyl (C=O) groups excluding carboxylic acids is 2. The Kier molecular flexibility index (Phi) is 31.5. The van der Waals surface area contributed by atoms with Crippen molar-refractivity contribution in [3.8, 4) is 0 Å². The molecule has 1 aromatic heterocycles.